The van der Waals surface area contributed by atoms with Gasteiger partial charge in [-0.25, -0.2) is 0 Å². The lowest BCUT2D eigenvalue weighted by Crippen LogP contribution is -2.50. The molecule has 7 heteroatoms. The fraction of sp³-hybridized carbons (Fsp3) is 0.586. The number of ketones is 1. The van der Waals surface area contributed by atoms with Crippen molar-refractivity contribution in [1.29, 1.82) is 0 Å². The summed E-state index contributed by atoms with van der Waals surface area (Å²) in [6.45, 7) is 3.67. The lowest BCUT2D eigenvalue weighted by atomic mass is 9.60. The topological polar surface area (TPSA) is 83.8 Å². The fourth-order valence-electron chi connectivity index (χ4n) is 6.14. The van der Waals surface area contributed by atoms with E-state index in [9.17, 15) is 19.8 Å². The van der Waals surface area contributed by atoms with Gasteiger partial charge in [0.15, 0.2) is 0 Å². The summed E-state index contributed by atoms with van der Waals surface area (Å²) in [6, 6.07) is 8.09. The molecule has 1 heterocycles. The van der Waals surface area contributed by atoms with E-state index >= 15 is 0 Å². The van der Waals surface area contributed by atoms with Crippen LogP contribution in [0.25, 0.3) is 10.1 Å². The lowest BCUT2D eigenvalue weighted by Gasteiger charge is -2.48. The van der Waals surface area contributed by atoms with Crippen LogP contribution in [0.1, 0.15) is 63.7 Å². The summed E-state index contributed by atoms with van der Waals surface area (Å²) in [7, 11) is 1.39. The highest BCUT2D eigenvalue weighted by atomic mass is 35.5. The van der Waals surface area contributed by atoms with Gasteiger partial charge in [0.05, 0.1) is 23.8 Å². The number of Topliss-reactive ketones (excluding diaryl/α,β-unsaturated/α-hetero) is 1. The summed E-state index contributed by atoms with van der Waals surface area (Å²) in [5, 5.41) is 24.2. The number of fused-ring (bicyclic) bond motifs is 1. The van der Waals surface area contributed by atoms with Crippen LogP contribution in [0, 0.1) is 23.2 Å². The van der Waals surface area contributed by atoms with Crippen LogP contribution in [-0.4, -0.2) is 40.8 Å². The number of aliphatic hydroxyl groups excluding tert-OH is 1. The van der Waals surface area contributed by atoms with Crippen LogP contribution in [-0.2, 0) is 20.7 Å². The number of carbonyl (C=O) groups excluding carboxylic acids is 2. The number of ether oxygens (including phenoxy) is 1. The van der Waals surface area contributed by atoms with Gasteiger partial charge in [0.1, 0.15) is 5.78 Å². The molecule has 1 aromatic heterocycles. The number of hydrogen-bond acceptors (Lipinski definition) is 6. The van der Waals surface area contributed by atoms with Crippen molar-refractivity contribution < 1.29 is 24.5 Å². The Bertz CT molecular complexity index is 1130. The number of aliphatic hydroxyl groups is 2. The van der Waals surface area contributed by atoms with Crippen LogP contribution in [0.5, 0.6) is 0 Å². The van der Waals surface area contributed by atoms with Crippen LogP contribution < -0.4 is 0 Å². The molecule has 2 N–H and O–H groups in total. The van der Waals surface area contributed by atoms with E-state index in [0.717, 1.165) is 32.8 Å². The number of aryl methyl sites for hydroxylation is 1. The van der Waals surface area contributed by atoms with Gasteiger partial charge < -0.3 is 14.9 Å². The van der Waals surface area contributed by atoms with Crippen molar-refractivity contribution in [3.8, 4) is 0 Å². The van der Waals surface area contributed by atoms with Crippen molar-refractivity contribution in [2.75, 3.05) is 7.11 Å². The quantitative estimate of drug-likeness (QED) is 0.219. The summed E-state index contributed by atoms with van der Waals surface area (Å²) in [5.74, 6) is -0.400. The minimum atomic E-state index is -0.785. The molecular weight excluding hydrogens is 496 g/mol. The number of thiophene rings is 1. The molecule has 1 aromatic carbocycles. The molecule has 0 spiro atoms. The van der Waals surface area contributed by atoms with Gasteiger partial charge in [0.25, 0.3) is 0 Å². The number of benzene rings is 1. The number of methoxy groups -OCH3 is 1. The second-order valence-corrected chi connectivity index (χ2v) is 12.6. The Morgan fingerprint density at radius 2 is 1.97 bits per heavy atom. The van der Waals surface area contributed by atoms with Gasteiger partial charge in [-0.3, -0.25) is 9.59 Å². The van der Waals surface area contributed by atoms with Crippen LogP contribution in [0.2, 0.25) is 5.02 Å². The highest BCUT2D eigenvalue weighted by Gasteiger charge is 2.59. The smallest absolute Gasteiger partial charge is 0.305 e. The Morgan fingerprint density at radius 1 is 1.25 bits per heavy atom. The number of carbonyl (C=O) groups is 2. The molecule has 196 valence electrons. The molecule has 3 unspecified atom stereocenters. The van der Waals surface area contributed by atoms with E-state index < -0.39 is 17.1 Å². The molecular formula is C29H37ClO5S. The Morgan fingerprint density at radius 3 is 2.67 bits per heavy atom. The standard InChI is InChI=1S/C29H37ClO5S/c1-28(2)26(32)20(11-6-4-5-7-13-23(31)35-3)24(27(28)33)18-16-29(34,17-18)15-14-22-25(30)19-10-8-9-12-21(19)36-22/h4,6,8-10,12,18,20,24,27,33-34H,5,7,11,13-17H2,1-3H3. The molecule has 2 saturated carbocycles. The third-order valence-electron chi connectivity index (χ3n) is 8.32. The van der Waals surface area contributed by atoms with Crippen LogP contribution in [0.3, 0.4) is 0 Å². The molecule has 2 aliphatic rings. The van der Waals surface area contributed by atoms with E-state index in [1.807, 2.05) is 44.2 Å². The zero-order valence-corrected chi connectivity index (χ0v) is 22.9. The second-order valence-electron chi connectivity index (χ2n) is 11.1. The zero-order valence-electron chi connectivity index (χ0n) is 21.3. The third kappa shape index (κ3) is 5.42. The largest absolute Gasteiger partial charge is 0.469 e. The average Bonchev–Trinajstić information content (AvgIpc) is 3.24. The first-order chi connectivity index (χ1) is 17.1. The van der Waals surface area contributed by atoms with Crippen LogP contribution in [0.4, 0.5) is 0 Å². The molecule has 2 aromatic rings. The normalized spacial score (nSPS) is 29.7. The summed E-state index contributed by atoms with van der Waals surface area (Å²) in [5.41, 5.74) is -1.57. The maximum Gasteiger partial charge on any atom is 0.305 e. The molecule has 0 saturated heterocycles. The van der Waals surface area contributed by atoms with Gasteiger partial charge in [-0.15, -0.1) is 11.3 Å². The molecule has 0 amide bonds. The zero-order chi connectivity index (χ0) is 26.1. The van der Waals surface area contributed by atoms with Gasteiger partial charge in [0.2, 0.25) is 0 Å². The Kier molecular flexibility index (Phi) is 8.30. The van der Waals surface area contributed by atoms with Gasteiger partial charge in [0, 0.05) is 32.7 Å². The van der Waals surface area contributed by atoms with Crippen molar-refractivity contribution in [3.63, 3.8) is 0 Å². The molecule has 0 bridgehead atoms. The molecule has 36 heavy (non-hydrogen) atoms. The second kappa shape index (κ2) is 10.9. The van der Waals surface area contributed by atoms with E-state index in [-0.39, 0.29) is 29.5 Å². The first kappa shape index (κ1) is 27.3. The molecule has 4 rings (SSSR count). The lowest BCUT2D eigenvalue weighted by molar-refractivity contribution is -0.140. The predicted octanol–water partition coefficient (Wildman–Crippen LogP) is 6.12. The van der Waals surface area contributed by atoms with Gasteiger partial charge in [-0.2, -0.15) is 0 Å². The molecule has 0 aliphatic heterocycles. The van der Waals surface area contributed by atoms with Gasteiger partial charge >= 0.3 is 5.97 Å². The minimum Gasteiger partial charge on any atom is -0.469 e. The van der Waals surface area contributed by atoms with Crippen LogP contribution >= 0.6 is 22.9 Å². The molecule has 5 nitrogen and oxygen atoms in total. The Balaban J connectivity index is 1.35. The first-order valence-electron chi connectivity index (χ1n) is 12.9. The summed E-state index contributed by atoms with van der Waals surface area (Å²) in [6.07, 6.45) is 8.26. The van der Waals surface area contributed by atoms with Crippen molar-refractivity contribution in [1.82, 2.24) is 0 Å². The third-order valence-corrected chi connectivity index (χ3v) is 10.1. The Hall–Kier alpha value is -1.73. The maximum atomic E-state index is 13.2. The average molecular weight is 533 g/mol. The highest BCUT2D eigenvalue weighted by molar-refractivity contribution is 7.19. The van der Waals surface area contributed by atoms with Gasteiger partial charge in [-0.05, 0) is 62.8 Å². The summed E-state index contributed by atoms with van der Waals surface area (Å²) < 4.78 is 5.82. The predicted molar refractivity (Wildman–Crippen MR) is 144 cm³/mol. The van der Waals surface area contributed by atoms with E-state index in [0.29, 0.717) is 38.5 Å². The molecule has 2 aliphatic carbocycles. The van der Waals surface area contributed by atoms with E-state index in [2.05, 4.69) is 10.8 Å². The number of allylic oxidation sites excluding steroid dienone is 2. The molecule has 0 radical (unpaired) electrons. The fourth-order valence-corrected chi connectivity index (χ4v) is 7.67. The maximum absolute atomic E-state index is 13.2. The monoisotopic (exact) mass is 532 g/mol. The Labute approximate surface area is 222 Å². The van der Waals surface area contributed by atoms with E-state index in [1.54, 1.807) is 11.3 Å². The SMILES string of the molecule is COC(=O)CCCC=CCC1C(=O)C(C)(C)C(O)C1C1CC(O)(CCc2sc3ccccc3c2Cl)C1. The van der Waals surface area contributed by atoms with Gasteiger partial charge in [-0.1, -0.05) is 55.8 Å². The van der Waals surface area contributed by atoms with Crippen molar-refractivity contribution >= 4 is 44.8 Å². The van der Waals surface area contributed by atoms with Crippen molar-refractivity contribution in [2.24, 2.45) is 23.2 Å². The van der Waals surface area contributed by atoms with E-state index in [4.69, 9.17) is 11.6 Å². The minimum absolute atomic E-state index is 0.103. The van der Waals surface area contributed by atoms with Crippen molar-refractivity contribution in [2.45, 2.75) is 76.9 Å². The molecule has 2 fully saturated rings. The highest BCUT2D eigenvalue weighted by Crippen LogP contribution is 2.55. The first-order valence-corrected chi connectivity index (χ1v) is 14.1. The summed E-state index contributed by atoms with van der Waals surface area (Å²) in [4.78, 5) is 25.6. The number of unbranched alkanes of at least 4 members (excludes halogenated alkanes) is 1. The van der Waals surface area contributed by atoms with E-state index in [1.165, 1.54) is 7.11 Å². The van der Waals surface area contributed by atoms with Crippen molar-refractivity contribution in [3.05, 3.63) is 46.3 Å². The summed E-state index contributed by atoms with van der Waals surface area (Å²) >= 11 is 8.28. The number of esters is 1. The number of hydrogen-bond donors (Lipinski definition) is 2. The number of halogens is 1. The number of rotatable bonds is 10. The molecule has 3 atom stereocenters. The van der Waals surface area contributed by atoms with Crippen LogP contribution in [0.15, 0.2) is 36.4 Å².